The molecule has 0 bridgehead atoms. The van der Waals surface area contributed by atoms with Gasteiger partial charge in [-0.25, -0.2) is 0 Å². The fraction of sp³-hybridized carbons (Fsp3) is 0.148. The molecule has 4 rings (SSSR count). The number of nitrogens with one attached hydrogen (secondary N) is 1. The predicted molar refractivity (Wildman–Crippen MR) is 140 cm³/mol. The van der Waals surface area contributed by atoms with Gasteiger partial charge in [-0.2, -0.15) is 0 Å². The Morgan fingerprint density at radius 2 is 1.59 bits per heavy atom. The Labute approximate surface area is 208 Å². The van der Waals surface area contributed by atoms with Crippen LogP contribution in [0.3, 0.4) is 0 Å². The second-order valence-electron chi connectivity index (χ2n) is 7.69. The quantitative estimate of drug-likeness (QED) is 0.346. The van der Waals surface area contributed by atoms with Crippen molar-refractivity contribution in [1.82, 2.24) is 10.2 Å². The van der Waals surface area contributed by atoms with Crippen LogP contribution >= 0.6 is 24.0 Å². The molecule has 0 aromatic heterocycles. The summed E-state index contributed by atoms with van der Waals surface area (Å²) in [5.41, 5.74) is 3.07. The number of carbonyl (C=O) groups is 2. The monoisotopic (exact) mass is 488 g/mol. The van der Waals surface area contributed by atoms with Crippen molar-refractivity contribution in [3.63, 3.8) is 0 Å². The molecule has 0 atom stereocenters. The van der Waals surface area contributed by atoms with Crippen molar-refractivity contribution in [2.75, 3.05) is 13.2 Å². The Morgan fingerprint density at radius 3 is 2.26 bits per heavy atom. The lowest BCUT2D eigenvalue weighted by Crippen LogP contribution is -2.30. The van der Waals surface area contributed by atoms with Crippen molar-refractivity contribution < 1.29 is 14.3 Å². The first-order valence-electron chi connectivity index (χ1n) is 10.9. The molecule has 0 saturated carbocycles. The highest BCUT2D eigenvalue weighted by molar-refractivity contribution is 8.26. The van der Waals surface area contributed by atoms with Crippen LogP contribution in [0.15, 0.2) is 89.8 Å². The number of benzene rings is 3. The van der Waals surface area contributed by atoms with E-state index >= 15 is 0 Å². The Morgan fingerprint density at radius 1 is 0.941 bits per heavy atom. The molecule has 0 spiro atoms. The van der Waals surface area contributed by atoms with E-state index in [4.69, 9.17) is 17.0 Å². The number of rotatable bonds is 9. The van der Waals surface area contributed by atoms with E-state index in [0.717, 1.165) is 17.5 Å². The van der Waals surface area contributed by atoms with E-state index in [1.807, 2.05) is 78.9 Å². The molecule has 0 aliphatic carbocycles. The van der Waals surface area contributed by atoms with Crippen molar-refractivity contribution in [3.8, 4) is 5.75 Å². The van der Waals surface area contributed by atoms with Gasteiger partial charge in [0.15, 0.2) is 6.61 Å². The first-order valence-corrected chi connectivity index (χ1v) is 12.1. The van der Waals surface area contributed by atoms with Crippen LogP contribution in [0, 0.1) is 0 Å². The average molecular weight is 489 g/mol. The molecule has 0 unspecified atom stereocenters. The molecule has 7 heteroatoms. The van der Waals surface area contributed by atoms with Gasteiger partial charge < -0.3 is 10.1 Å². The summed E-state index contributed by atoms with van der Waals surface area (Å²) in [5, 5.41) is 2.83. The Hall–Kier alpha value is -3.42. The number of thiocarbonyl (C=S) groups is 1. The third-order valence-electron chi connectivity index (χ3n) is 5.22. The smallest absolute Gasteiger partial charge is 0.266 e. The molecule has 1 fully saturated rings. The fourth-order valence-electron chi connectivity index (χ4n) is 3.39. The number of thioether (sulfide) groups is 1. The van der Waals surface area contributed by atoms with E-state index in [1.165, 1.54) is 17.3 Å². The topological polar surface area (TPSA) is 58.6 Å². The molecule has 0 radical (unpaired) electrons. The Kier molecular flexibility index (Phi) is 8.12. The van der Waals surface area contributed by atoms with Crippen LogP contribution in [-0.4, -0.2) is 34.2 Å². The van der Waals surface area contributed by atoms with Crippen LogP contribution in [0.1, 0.15) is 16.7 Å². The van der Waals surface area contributed by atoms with E-state index in [2.05, 4.69) is 5.32 Å². The Bertz CT molecular complexity index is 1180. The van der Waals surface area contributed by atoms with Crippen molar-refractivity contribution in [2.45, 2.75) is 13.0 Å². The molecular weight excluding hydrogens is 464 g/mol. The minimum atomic E-state index is -0.188. The lowest BCUT2D eigenvalue weighted by atomic mass is 10.1. The van der Waals surface area contributed by atoms with E-state index in [0.29, 0.717) is 28.1 Å². The van der Waals surface area contributed by atoms with Gasteiger partial charge in [0.05, 0.1) is 4.91 Å². The molecule has 1 heterocycles. The number of carbonyl (C=O) groups excluding carboxylic acids is 2. The maximum absolute atomic E-state index is 12.8. The Balaban J connectivity index is 1.27. The molecule has 34 heavy (non-hydrogen) atoms. The molecule has 3 aromatic carbocycles. The predicted octanol–water partition coefficient (Wildman–Crippen LogP) is 4.83. The molecule has 1 aliphatic rings. The van der Waals surface area contributed by atoms with Crippen LogP contribution in [0.5, 0.6) is 5.75 Å². The summed E-state index contributed by atoms with van der Waals surface area (Å²) in [6, 6.07) is 27.0. The van der Waals surface area contributed by atoms with Gasteiger partial charge in [0.2, 0.25) is 0 Å². The zero-order valence-corrected chi connectivity index (χ0v) is 20.1. The largest absolute Gasteiger partial charge is 0.484 e. The summed E-state index contributed by atoms with van der Waals surface area (Å²) in [6.45, 7) is 0.961. The molecule has 1 N–H and O–H groups in total. The van der Waals surface area contributed by atoms with Crippen LogP contribution < -0.4 is 10.1 Å². The van der Waals surface area contributed by atoms with Gasteiger partial charge in [0, 0.05) is 13.1 Å². The highest BCUT2D eigenvalue weighted by Gasteiger charge is 2.31. The van der Waals surface area contributed by atoms with E-state index < -0.39 is 0 Å². The molecule has 3 aromatic rings. The van der Waals surface area contributed by atoms with Gasteiger partial charge in [0.1, 0.15) is 10.1 Å². The molecule has 2 amide bonds. The minimum absolute atomic E-state index is 0.0632. The summed E-state index contributed by atoms with van der Waals surface area (Å²) in [5.74, 6) is 0.330. The van der Waals surface area contributed by atoms with Crippen molar-refractivity contribution in [2.24, 2.45) is 0 Å². The molecule has 5 nitrogen and oxygen atoms in total. The van der Waals surface area contributed by atoms with E-state index in [9.17, 15) is 9.59 Å². The summed E-state index contributed by atoms with van der Waals surface area (Å²) in [7, 11) is 0. The SMILES string of the molecule is O=C(COc1ccc(/C=C2\SC(=S)N(CCc3ccccc3)C2=O)cc1)NCc1ccccc1. The van der Waals surface area contributed by atoms with Crippen molar-refractivity contribution >= 4 is 46.2 Å². The summed E-state index contributed by atoms with van der Waals surface area (Å²) in [6.07, 6.45) is 2.59. The standard InChI is InChI=1S/C27H24N2O3S2/c30-25(28-18-22-9-5-2-6-10-22)19-32-23-13-11-21(12-14-23)17-24-26(31)29(27(33)34-24)16-15-20-7-3-1-4-8-20/h1-14,17H,15-16,18-19H2,(H,28,30)/b24-17-. The van der Waals surface area contributed by atoms with E-state index in [-0.39, 0.29) is 18.4 Å². The lowest BCUT2D eigenvalue weighted by Gasteiger charge is -2.14. The van der Waals surface area contributed by atoms with E-state index in [1.54, 1.807) is 17.0 Å². The first kappa shape index (κ1) is 23.7. The minimum Gasteiger partial charge on any atom is -0.484 e. The third kappa shape index (κ3) is 6.56. The van der Waals surface area contributed by atoms with Crippen LogP contribution in [0.4, 0.5) is 0 Å². The summed E-state index contributed by atoms with van der Waals surface area (Å²) in [4.78, 5) is 27.1. The number of ether oxygens (including phenoxy) is 1. The molecule has 172 valence electrons. The summed E-state index contributed by atoms with van der Waals surface area (Å²) < 4.78 is 6.15. The van der Waals surface area contributed by atoms with Gasteiger partial charge >= 0.3 is 0 Å². The van der Waals surface area contributed by atoms with Crippen LogP contribution in [0.25, 0.3) is 6.08 Å². The number of hydrogen-bond acceptors (Lipinski definition) is 5. The second kappa shape index (κ2) is 11.6. The van der Waals surface area contributed by atoms with Gasteiger partial charge in [0.25, 0.3) is 11.8 Å². The average Bonchev–Trinajstić information content (AvgIpc) is 3.14. The van der Waals surface area contributed by atoms with Gasteiger partial charge in [-0.05, 0) is 41.3 Å². The normalized spacial score (nSPS) is 14.5. The third-order valence-corrected chi connectivity index (χ3v) is 6.60. The number of amides is 2. The highest BCUT2D eigenvalue weighted by Crippen LogP contribution is 2.32. The molecule has 1 aliphatic heterocycles. The molecule has 1 saturated heterocycles. The maximum Gasteiger partial charge on any atom is 0.266 e. The lowest BCUT2D eigenvalue weighted by molar-refractivity contribution is -0.123. The highest BCUT2D eigenvalue weighted by atomic mass is 32.2. The van der Waals surface area contributed by atoms with Gasteiger partial charge in [-0.3, -0.25) is 14.5 Å². The van der Waals surface area contributed by atoms with Crippen molar-refractivity contribution in [1.29, 1.82) is 0 Å². The number of hydrogen-bond donors (Lipinski definition) is 1. The summed E-state index contributed by atoms with van der Waals surface area (Å²) >= 11 is 6.75. The number of nitrogens with zero attached hydrogens (tertiary/aromatic N) is 1. The van der Waals surface area contributed by atoms with Crippen LogP contribution in [-0.2, 0) is 22.6 Å². The zero-order chi connectivity index (χ0) is 23.8. The maximum atomic E-state index is 12.8. The molecular formula is C27H24N2O3S2. The first-order chi connectivity index (χ1) is 16.6. The second-order valence-corrected chi connectivity index (χ2v) is 9.36. The van der Waals surface area contributed by atoms with Gasteiger partial charge in [-0.1, -0.05) is 96.8 Å². The fourth-order valence-corrected chi connectivity index (χ4v) is 4.69. The zero-order valence-electron chi connectivity index (χ0n) is 18.5. The van der Waals surface area contributed by atoms with Crippen LogP contribution in [0.2, 0.25) is 0 Å². The van der Waals surface area contributed by atoms with Gasteiger partial charge in [-0.15, -0.1) is 0 Å². The van der Waals surface area contributed by atoms with Crippen molar-refractivity contribution in [3.05, 3.63) is 107 Å².